The summed E-state index contributed by atoms with van der Waals surface area (Å²) in [5.41, 5.74) is 1.37. The zero-order valence-corrected chi connectivity index (χ0v) is 7.91. The maximum atomic E-state index is 10.7. The molecule has 1 heterocycles. The Labute approximate surface area is 84.6 Å². The van der Waals surface area contributed by atoms with Gasteiger partial charge in [0.1, 0.15) is 5.52 Å². The van der Waals surface area contributed by atoms with Crippen LogP contribution in [-0.2, 0) is 5.88 Å². The zero-order chi connectivity index (χ0) is 10.1. The molecule has 0 bridgehead atoms. The van der Waals surface area contributed by atoms with E-state index in [9.17, 15) is 10.1 Å². The molecule has 0 spiro atoms. The van der Waals surface area contributed by atoms with Gasteiger partial charge in [-0.05, 0) is 17.7 Å². The van der Waals surface area contributed by atoms with E-state index in [2.05, 4.69) is 4.98 Å². The quantitative estimate of drug-likeness (QED) is 0.471. The lowest BCUT2D eigenvalue weighted by Crippen LogP contribution is -1.91. The second-order valence-electron chi connectivity index (χ2n) is 2.95. The molecule has 72 valence electrons. The molecule has 5 heteroatoms. The van der Waals surface area contributed by atoms with Gasteiger partial charge in [-0.2, -0.15) is 0 Å². The van der Waals surface area contributed by atoms with Crippen molar-refractivity contribution in [3.8, 4) is 0 Å². The van der Waals surface area contributed by atoms with Crippen molar-refractivity contribution >= 4 is 28.2 Å². The van der Waals surface area contributed by atoms with Crippen LogP contribution in [0.25, 0.3) is 10.9 Å². The molecular weight excluding hydrogens is 204 g/mol. The van der Waals surface area contributed by atoms with Gasteiger partial charge in [0.15, 0.2) is 0 Å². The lowest BCUT2D eigenvalue weighted by atomic mass is 10.1. The summed E-state index contributed by atoms with van der Waals surface area (Å²) in [6, 6.07) is 5.12. The smallest absolute Gasteiger partial charge is 0.293 e. The van der Waals surface area contributed by atoms with Gasteiger partial charge in [0.25, 0.3) is 5.69 Å². The summed E-state index contributed by atoms with van der Waals surface area (Å²) >= 11 is 5.64. The Morgan fingerprint density at radius 3 is 2.93 bits per heavy atom. The van der Waals surface area contributed by atoms with E-state index in [-0.39, 0.29) is 11.6 Å². The number of alkyl halides is 1. The minimum absolute atomic E-state index is 0.0724. The minimum atomic E-state index is -0.408. The van der Waals surface area contributed by atoms with Crippen molar-refractivity contribution in [1.82, 2.24) is 4.98 Å². The highest BCUT2D eigenvalue weighted by Crippen LogP contribution is 2.26. The Morgan fingerprint density at radius 2 is 2.29 bits per heavy atom. The summed E-state index contributed by atoms with van der Waals surface area (Å²) in [6.07, 6.45) is 1.68. The van der Waals surface area contributed by atoms with Crippen LogP contribution in [0.3, 0.4) is 0 Å². The lowest BCUT2D eigenvalue weighted by Gasteiger charge is -1.97. The zero-order valence-electron chi connectivity index (χ0n) is 7.16. The first-order chi connectivity index (χ1) is 6.72. The Hall–Kier alpha value is -1.55. The highest BCUT2D eigenvalue weighted by Gasteiger charge is 2.13. The molecule has 1 aromatic heterocycles. The van der Waals surface area contributed by atoms with Crippen LogP contribution in [0, 0.1) is 10.1 Å². The summed E-state index contributed by atoms with van der Waals surface area (Å²) in [7, 11) is 0. The number of H-pyrrole nitrogens is 1. The summed E-state index contributed by atoms with van der Waals surface area (Å²) < 4.78 is 0. The maximum absolute atomic E-state index is 10.7. The van der Waals surface area contributed by atoms with Crippen LogP contribution in [0.4, 0.5) is 5.69 Å². The molecule has 0 aliphatic rings. The number of non-ortho nitro benzene ring substituents is 1. The molecule has 1 N–H and O–H groups in total. The topological polar surface area (TPSA) is 58.9 Å². The predicted molar refractivity (Wildman–Crippen MR) is 54.5 cm³/mol. The third-order valence-corrected chi connectivity index (χ3v) is 2.36. The van der Waals surface area contributed by atoms with Crippen LogP contribution in [0.5, 0.6) is 0 Å². The van der Waals surface area contributed by atoms with Crippen LogP contribution in [-0.4, -0.2) is 9.91 Å². The molecule has 0 saturated carbocycles. The van der Waals surface area contributed by atoms with Crippen LogP contribution < -0.4 is 0 Å². The van der Waals surface area contributed by atoms with E-state index in [1.165, 1.54) is 6.07 Å². The van der Waals surface area contributed by atoms with Crippen molar-refractivity contribution < 1.29 is 4.92 Å². The summed E-state index contributed by atoms with van der Waals surface area (Å²) in [5, 5.41) is 11.5. The van der Waals surface area contributed by atoms with Crippen molar-refractivity contribution in [3.05, 3.63) is 40.1 Å². The number of hydrogen-bond donors (Lipinski definition) is 1. The Balaban J connectivity index is 2.76. The Bertz CT molecular complexity index is 493. The van der Waals surface area contributed by atoms with Gasteiger partial charge in [-0.25, -0.2) is 0 Å². The monoisotopic (exact) mass is 210 g/mol. The Kier molecular flexibility index (Phi) is 2.13. The molecule has 0 aliphatic carbocycles. The van der Waals surface area contributed by atoms with Crippen molar-refractivity contribution in [3.63, 3.8) is 0 Å². The first kappa shape index (κ1) is 9.02. The second-order valence-corrected chi connectivity index (χ2v) is 3.21. The first-order valence-corrected chi connectivity index (χ1v) is 4.56. The van der Waals surface area contributed by atoms with Crippen LogP contribution >= 0.6 is 11.6 Å². The van der Waals surface area contributed by atoms with E-state index in [0.717, 1.165) is 10.9 Å². The van der Waals surface area contributed by atoms with E-state index >= 15 is 0 Å². The number of halogens is 1. The van der Waals surface area contributed by atoms with Crippen LogP contribution in [0.2, 0.25) is 0 Å². The molecule has 0 aliphatic heterocycles. The fourth-order valence-electron chi connectivity index (χ4n) is 1.43. The van der Waals surface area contributed by atoms with E-state index in [0.29, 0.717) is 5.52 Å². The van der Waals surface area contributed by atoms with Gasteiger partial charge in [-0.15, -0.1) is 11.6 Å². The number of hydrogen-bond acceptors (Lipinski definition) is 2. The average molecular weight is 211 g/mol. The molecule has 0 saturated heterocycles. The molecule has 0 fully saturated rings. The van der Waals surface area contributed by atoms with Gasteiger partial charge in [0.05, 0.1) is 4.92 Å². The molecule has 0 radical (unpaired) electrons. The lowest BCUT2D eigenvalue weighted by molar-refractivity contribution is -0.383. The number of nitrogens with zero attached hydrogens (tertiary/aromatic N) is 1. The Morgan fingerprint density at radius 1 is 1.50 bits per heavy atom. The molecule has 2 aromatic rings. The number of fused-ring (bicyclic) bond motifs is 1. The van der Waals surface area contributed by atoms with Crippen LogP contribution in [0.1, 0.15) is 5.56 Å². The van der Waals surface area contributed by atoms with Gasteiger partial charge < -0.3 is 4.98 Å². The number of nitrogens with one attached hydrogen (secondary N) is 1. The molecule has 1 aromatic carbocycles. The second kappa shape index (κ2) is 3.31. The van der Waals surface area contributed by atoms with Crippen molar-refractivity contribution in [2.24, 2.45) is 0 Å². The first-order valence-electron chi connectivity index (χ1n) is 4.02. The number of aromatic nitrogens is 1. The van der Waals surface area contributed by atoms with Crippen molar-refractivity contribution in [1.29, 1.82) is 0 Å². The SMILES string of the molecule is O=[N+]([O-])c1cc(CCl)cc2cc[nH]c12. The summed E-state index contributed by atoms with van der Waals surface area (Å²) in [4.78, 5) is 13.2. The summed E-state index contributed by atoms with van der Waals surface area (Å²) in [6.45, 7) is 0. The number of benzene rings is 1. The maximum Gasteiger partial charge on any atom is 0.293 e. The van der Waals surface area contributed by atoms with E-state index in [1.54, 1.807) is 12.3 Å². The van der Waals surface area contributed by atoms with E-state index < -0.39 is 4.92 Å². The third-order valence-electron chi connectivity index (χ3n) is 2.05. The fourth-order valence-corrected chi connectivity index (χ4v) is 1.59. The fraction of sp³-hybridized carbons (Fsp3) is 0.111. The van der Waals surface area contributed by atoms with Gasteiger partial charge in [-0.1, -0.05) is 0 Å². The number of rotatable bonds is 2. The van der Waals surface area contributed by atoms with Gasteiger partial charge >= 0.3 is 0 Å². The molecule has 0 atom stereocenters. The number of nitro groups is 1. The average Bonchev–Trinajstić information content (AvgIpc) is 2.63. The number of nitro benzene ring substituents is 1. The molecule has 14 heavy (non-hydrogen) atoms. The predicted octanol–water partition coefficient (Wildman–Crippen LogP) is 2.81. The van der Waals surface area contributed by atoms with Crippen molar-refractivity contribution in [2.75, 3.05) is 0 Å². The molecular formula is C9H7ClN2O2. The minimum Gasteiger partial charge on any atom is -0.356 e. The summed E-state index contributed by atoms with van der Waals surface area (Å²) in [5.74, 6) is 0.280. The van der Waals surface area contributed by atoms with Gasteiger partial charge in [-0.3, -0.25) is 10.1 Å². The molecule has 0 amide bonds. The van der Waals surface area contributed by atoms with Gasteiger partial charge in [0.2, 0.25) is 0 Å². The van der Waals surface area contributed by atoms with E-state index in [1.807, 2.05) is 6.07 Å². The highest BCUT2D eigenvalue weighted by atomic mass is 35.5. The van der Waals surface area contributed by atoms with Crippen molar-refractivity contribution in [2.45, 2.75) is 5.88 Å². The van der Waals surface area contributed by atoms with Crippen LogP contribution in [0.15, 0.2) is 24.4 Å². The number of aromatic amines is 1. The molecule has 0 unspecified atom stereocenters. The normalized spacial score (nSPS) is 10.6. The molecule has 2 rings (SSSR count). The van der Waals surface area contributed by atoms with Gasteiger partial charge in [0, 0.05) is 23.5 Å². The third kappa shape index (κ3) is 1.33. The van der Waals surface area contributed by atoms with E-state index in [4.69, 9.17) is 11.6 Å². The highest BCUT2D eigenvalue weighted by molar-refractivity contribution is 6.17. The largest absolute Gasteiger partial charge is 0.356 e. The standard InChI is InChI=1S/C9H7ClN2O2/c10-5-6-3-7-1-2-11-9(7)8(4-6)12(13)14/h1-4,11H,5H2. The molecule has 4 nitrogen and oxygen atoms in total.